The first-order valence-corrected chi connectivity index (χ1v) is 11.7. The van der Waals surface area contributed by atoms with Gasteiger partial charge < -0.3 is 5.73 Å². The van der Waals surface area contributed by atoms with E-state index in [4.69, 9.17) is 5.73 Å². The number of carbonyl (C=O) groups excluding carboxylic acids is 1. The number of nitrogens with two attached hydrogens (primary N) is 1. The van der Waals surface area contributed by atoms with Gasteiger partial charge in [0.15, 0.2) is 0 Å². The Morgan fingerprint density at radius 2 is 0.923 bits per heavy atom. The standard InChI is InChI=1S/C24H47NO/c1-2-3-4-5-6-7-8-9-10-11-12-13-14-15-16-17-18-19-20-21-22-23-24(25)26/h9-10H,2-8,11-23H2,1H3,(H2,25,26)/b10-9+. The Morgan fingerprint density at radius 3 is 1.31 bits per heavy atom. The van der Waals surface area contributed by atoms with Crippen LogP contribution in [0.4, 0.5) is 0 Å². The highest BCUT2D eigenvalue weighted by Gasteiger charge is 1.95. The molecule has 154 valence electrons. The van der Waals surface area contributed by atoms with Gasteiger partial charge >= 0.3 is 0 Å². The quantitative estimate of drug-likeness (QED) is 0.163. The van der Waals surface area contributed by atoms with Gasteiger partial charge in [0, 0.05) is 6.42 Å². The Kier molecular flexibility index (Phi) is 21.6. The third-order valence-corrected chi connectivity index (χ3v) is 5.18. The zero-order chi connectivity index (χ0) is 19.1. The summed E-state index contributed by atoms with van der Waals surface area (Å²) < 4.78 is 0. The SMILES string of the molecule is CCCCCCCC/C=C/CCCCCCCCCCCCCC(N)=O. The first-order chi connectivity index (χ1) is 12.8. The lowest BCUT2D eigenvalue weighted by Gasteiger charge is -2.02. The van der Waals surface area contributed by atoms with Gasteiger partial charge in [-0.25, -0.2) is 0 Å². The maximum Gasteiger partial charge on any atom is 0.217 e. The summed E-state index contributed by atoms with van der Waals surface area (Å²) in [4.78, 5) is 10.6. The van der Waals surface area contributed by atoms with Crippen LogP contribution in [0.25, 0.3) is 0 Å². The van der Waals surface area contributed by atoms with Gasteiger partial charge in [0.1, 0.15) is 0 Å². The molecular weight excluding hydrogens is 318 g/mol. The summed E-state index contributed by atoms with van der Waals surface area (Å²) >= 11 is 0. The largest absolute Gasteiger partial charge is 0.370 e. The van der Waals surface area contributed by atoms with Crippen molar-refractivity contribution in [3.8, 4) is 0 Å². The third kappa shape index (κ3) is 23.2. The lowest BCUT2D eigenvalue weighted by Crippen LogP contribution is -2.09. The van der Waals surface area contributed by atoms with E-state index in [1.54, 1.807) is 0 Å². The fourth-order valence-corrected chi connectivity index (χ4v) is 3.43. The zero-order valence-corrected chi connectivity index (χ0v) is 17.8. The number of unbranched alkanes of at least 4 members (excludes halogenated alkanes) is 17. The van der Waals surface area contributed by atoms with Crippen LogP contribution in [0.2, 0.25) is 0 Å². The summed E-state index contributed by atoms with van der Waals surface area (Å²) in [6.45, 7) is 2.28. The molecule has 0 spiro atoms. The molecule has 0 heterocycles. The van der Waals surface area contributed by atoms with Crippen LogP contribution in [0.15, 0.2) is 12.2 Å². The molecule has 0 aliphatic heterocycles. The van der Waals surface area contributed by atoms with E-state index < -0.39 is 0 Å². The third-order valence-electron chi connectivity index (χ3n) is 5.18. The molecule has 2 N–H and O–H groups in total. The second-order valence-corrected chi connectivity index (χ2v) is 7.92. The van der Waals surface area contributed by atoms with Crippen LogP contribution in [0.5, 0.6) is 0 Å². The number of primary amides is 1. The van der Waals surface area contributed by atoms with Crippen LogP contribution >= 0.6 is 0 Å². The Morgan fingerprint density at radius 1 is 0.577 bits per heavy atom. The Labute approximate surface area is 164 Å². The molecule has 1 amide bonds. The molecule has 0 radical (unpaired) electrons. The number of hydrogen-bond donors (Lipinski definition) is 1. The summed E-state index contributed by atoms with van der Waals surface area (Å²) in [6, 6.07) is 0. The molecule has 0 fully saturated rings. The number of carbonyl (C=O) groups is 1. The molecule has 0 aromatic rings. The fraction of sp³-hybridized carbons (Fsp3) is 0.875. The summed E-state index contributed by atoms with van der Waals surface area (Å²) in [7, 11) is 0. The second-order valence-electron chi connectivity index (χ2n) is 7.92. The summed E-state index contributed by atoms with van der Waals surface area (Å²) in [5.74, 6) is -0.154. The highest BCUT2D eigenvalue weighted by atomic mass is 16.1. The van der Waals surface area contributed by atoms with Crippen LogP contribution in [-0.2, 0) is 4.79 Å². The van der Waals surface area contributed by atoms with Gasteiger partial charge in [-0.1, -0.05) is 109 Å². The molecule has 0 saturated carbocycles. The van der Waals surface area contributed by atoms with Gasteiger partial charge in [0.2, 0.25) is 5.91 Å². The topological polar surface area (TPSA) is 43.1 Å². The van der Waals surface area contributed by atoms with Crippen molar-refractivity contribution in [2.24, 2.45) is 5.73 Å². The minimum absolute atomic E-state index is 0.154. The van der Waals surface area contributed by atoms with Gasteiger partial charge in [-0.05, 0) is 32.1 Å². The highest BCUT2D eigenvalue weighted by Crippen LogP contribution is 2.13. The first kappa shape index (κ1) is 25.2. The average molecular weight is 366 g/mol. The van der Waals surface area contributed by atoms with Crippen molar-refractivity contribution in [1.82, 2.24) is 0 Å². The van der Waals surface area contributed by atoms with Crippen LogP contribution in [0, 0.1) is 0 Å². The van der Waals surface area contributed by atoms with Crippen molar-refractivity contribution >= 4 is 5.91 Å². The van der Waals surface area contributed by atoms with Crippen molar-refractivity contribution in [3.05, 3.63) is 12.2 Å². The first-order valence-electron chi connectivity index (χ1n) is 11.7. The molecule has 2 nitrogen and oxygen atoms in total. The Balaban J connectivity index is 3.06. The second kappa shape index (κ2) is 22.3. The van der Waals surface area contributed by atoms with Gasteiger partial charge in [-0.15, -0.1) is 0 Å². The molecule has 2 heteroatoms. The minimum atomic E-state index is -0.154. The van der Waals surface area contributed by atoms with Gasteiger partial charge in [0.25, 0.3) is 0 Å². The van der Waals surface area contributed by atoms with Crippen LogP contribution in [0.3, 0.4) is 0 Å². The number of amides is 1. The van der Waals surface area contributed by atoms with E-state index in [-0.39, 0.29) is 5.91 Å². The molecule has 26 heavy (non-hydrogen) atoms. The lowest BCUT2D eigenvalue weighted by molar-refractivity contribution is -0.118. The Hall–Kier alpha value is -0.790. The molecule has 0 aromatic carbocycles. The number of hydrogen-bond acceptors (Lipinski definition) is 1. The van der Waals surface area contributed by atoms with Crippen molar-refractivity contribution < 1.29 is 4.79 Å². The van der Waals surface area contributed by atoms with Gasteiger partial charge in [-0.2, -0.15) is 0 Å². The maximum atomic E-state index is 10.6. The van der Waals surface area contributed by atoms with Crippen LogP contribution in [0.1, 0.15) is 135 Å². The average Bonchev–Trinajstić information content (AvgIpc) is 2.62. The van der Waals surface area contributed by atoms with E-state index in [9.17, 15) is 4.79 Å². The van der Waals surface area contributed by atoms with Crippen molar-refractivity contribution in [3.63, 3.8) is 0 Å². The zero-order valence-electron chi connectivity index (χ0n) is 17.8. The fourth-order valence-electron chi connectivity index (χ4n) is 3.43. The van der Waals surface area contributed by atoms with Crippen molar-refractivity contribution in [2.75, 3.05) is 0 Å². The molecule has 0 unspecified atom stereocenters. The summed E-state index contributed by atoms with van der Waals surface area (Å²) in [5.41, 5.74) is 5.13. The molecule has 0 rings (SSSR count). The van der Waals surface area contributed by atoms with E-state index in [0.29, 0.717) is 6.42 Å². The van der Waals surface area contributed by atoms with E-state index in [2.05, 4.69) is 19.1 Å². The highest BCUT2D eigenvalue weighted by molar-refractivity contribution is 5.73. The Bertz CT molecular complexity index is 311. The summed E-state index contributed by atoms with van der Waals surface area (Å²) in [6.07, 6.45) is 30.8. The molecule has 0 aliphatic rings. The van der Waals surface area contributed by atoms with Gasteiger partial charge in [-0.3, -0.25) is 4.79 Å². The summed E-state index contributed by atoms with van der Waals surface area (Å²) in [5, 5.41) is 0. The number of allylic oxidation sites excluding steroid dienone is 2. The van der Waals surface area contributed by atoms with Crippen molar-refractivity contribution in [1.29, 1.82) is 0 Å². The predicted molar refractivity (Wildman–Crippen MR) is 116 cm³/mol. The van der Waals surface area contributed by atoms with E-state index in [0.717, 1.165) is 12.8 Å². The van der Waals surface area contributed by atoms with E-state index in [1.165, 1.54) is 109 Å². The molecular formula is C24H47NO. The van der Waals surface area contributed by atoms with E-state index in [1.807, 2.05) is 0 Å². The van der Waals surface area contributed by atoms with Crippen molar-refractivity contribution in [2.45, 2.75) is 135 Å². The molecule has 0 saturated heterocycles. The molecule has 0 aliphatic carbocycles. The number of rotatable bonds is 21. The molecule has 0 aromatic heterocycles. The monoisotopic (exact) mass is 365 g/mol. The molecule has 0 bridgehead atoms. The van der Waals surface area contributed by atoms with E-state index >= 15 is 0 Å². The normalized spacial score (nSPS) is 11.4. The minimum Gasteiger partial charge on any atom is -0.370 e. The predicted octanol–water partition coefficient (Wildman–Crippen LogP) is 7.85. The van der Waals surface area contributed by atoms with Crippen LogP contribution < -0.4 is 5.73 Å². The van der Waals surface area contributed by atoms with Crippen LogP contribution in [-0.4, -0.2) is 5.91 Å². The lowest BCUT2D eigenvalue weighted by atomic mass is 10.0. The van der Waals surface area contributed by atoms with Gasteiger partial charge in [0.05, 0.1) is 0 Å². The smallest absolute Gasteiger partial charge is 0.217 e. The molecule has 0 atom stereocenters. The maximum absolute atomic E-state index is 10.6.